The van der Waals surface area contributed by atoms with Gasteiger partial charge in [-0.05, 0) is 36.6 Å². The Labute approximate surface area is 214 Å². The van der Waals surface area contributed by atoms with Gasteiger partial charge >= 0.3 is 5.97 Å². The molecule has 0 spiro atoms. The molecule has 1 saturated heterocycles. The number of hydrogen-bond donors (Lipinski definition) is 1. The summed E-state index contributed by atoms with van der Waals surface area (Å²) >= 11 is 0. The minimum absolute atomic E-state index is 0.222. The number of primary amides is 1. The van der Waals surface area contributed by atoms with Crippen LogP contribution < -0.4 is 10.6 Å². The topological polar surface area (TPSA) is 108 Å². The Hall–Kier alpha value is -4.46. The molecule has 0 unspecified atom stereocenters. The molecule has 2 aromatic carbocycles. The number of carbonyl (C=O) groups is 3. The predicted octanol–water partition coefficient (Wildman–Crippen LogP) is 3.98. The number of fused-ring (bicyclic) bond motifs is 1. The molecule has 8 nitrogen and oxygen atoms in total. The number of Topliss-reactive ketones (excluding diaryl/α,β-unsaturated/α-hetero) is 1. The second-order valence-electron chi connectivity index (χ2n) is 9.23. The van der Waals surface area contributed by atoms with E-state index in [0.29, 0.717) is 37.1 Å². The first-order valence-corrected chi connectivity index (χ1v) is 12.3. The smallest absolute Gasteiger partial charge is 0.309 e. The first kappa shape index (κ1) is 24.2. The summed E-state index contributed by atoms with van der Waals surface area (Å²) in [5.41, 5.74) is 8.89. The van der Waals surface area contributed by atoms with Crippen LogP contribution in [-0.4, -0.2) is 46.9 Å². The second kappa shape index (κ2) is 10.3. The SMILES string of the molecule is Cn1c(-c2ccccc2)c(C(=O)COC(=O)C2CCN(c3ccc(C(N)=O)cn3)CC2)c2ccccc21. The molecule has 3 heterocycles. The van der Waals surface area contributed by atoms with Crippen molar-refractivity contribution in [3.63, 3.8) is 0 Å². The molecule has 37 heavy (non-hydrogen) atoms. The van der Waals surface area contributed by atoms with Crippen LogP contribution in [0, 0.1) is 5.92 Å². The Morgan fingerprint density at radius 1 is 0.973 bits per heavy atom. The maximum Gasteiger partial charge on any atom is 0.309 e. The number of nitrogens with zero attached hydrogens (tertiary/aromatic N) is 3. The van der Waals surface area contributed by atoms with Crippen LogP contribution in [-0.2, 0) is 16.6 Å². The molecule has 0 radical (unpaired) electrons. The number of nitrogens with two attached hydrogens (primary N) is 1. The number of piperidine rings is 1. The number of anilines is 1. The van der Waals surface area contributed by atoms with E-state index in [-0.39, 0.29) is 24.3 Å². The third-order valence-electron chi connectivity index (χ3n) is 6.96. The summed E-state index contributed by atoms with van der Waals surface area (Å²) in [6.45, 7) is 0.944. The van der Waals surface area contributed by atoms with Crippen molar-refractivity contribution >= 4 is 34.4 Å². The van der Waals surface area contributed by atoms with Gasteiger partial charge in [0.25, 0.3) is 0 Å². The lowest BCUT2D eigenvalue weighted by molar-refractivity contribution is -0.148. The molecule has 1 amide bonds. The van der Waals surface area contributed by atoms with Gasteiger partial charge in [0, 0.05) is 37.2 Å². The maximum absolute atomic E-state index is 13.4. The monoisotopic (exact) mass is 496 g/mol. The summed E-state index contributed by atoms with van der Waals surface area (Å²) in [4.78, 5) is 43.9. The number of benzene rings is 2. The summed E-state index contributed by atoms with van der Waals surface area (Å²) in [7, 11) is 1.94. The molecule has 1 aliphatic heterocycles. The number of pyridine rings is 1. The highest BCUT2D eigenvalue weighted by Gasteiger charge is 2.29. The average Bonchev–Trinajstić information content (AvgIpc) is 3.24. The highest BCUT2D eigenvalue weighted by atomic mass is 16.5. The van der Waals surface area contributed by atoms with Gasteiger partial charge in [0.1, 0.15) is 5.82 Å². The number of aryl methyl sites for hydroxylation is 1. The van der Waals surface area contributed by atoms with E-state index in [1.54, 1.807) is 12.1 Å². The minimum atomic E-state index is -0.519. The molecular formula is C29H28N4O4. The summed E-state index contributed by atoms with van der Waals surface area (Å²) in [5.74, 6) is -0.646. The predicted molar refractivity (Wildman–Crippen MR) is 141 cm³/mol. The summed E-state index contributed by atoms with van der Waals surface area (Å²) in [6.07, 6.45) is 2.65. The Kier molecular flexibility index (Phi) is 6.72. The van der Waals surface area contributed by atoms with Crippen LogP contribution in [0.4, 0.5) is 5.82 Å². The standard InChI is InChI=1S/C29H28N4O4/c1-32-23-10-6-5-9-22(23)26(27(32)19-7-3-2-4-8-19)24(34)18-37-29(36)20-13-15-33(16-14-20)25-12-11-21(17-31-25)28(30)35/h2-12,17,20H,13-16,18H2,1H3,(H2,30,35). The number of amides is 1. The van der Waals surface area contributed by atoms with Gasteiger partial charge < -0.3 is 19.9 Å². The van der Waals surface area contributed by atoms with Gasteiger partial charge in [0.05, 0.1) is 22.7 Å². The van der Waals surface area contributed by atoms with Gasteiger partial charge in [-0.25, -0.2) is 4.98 Å². The van der Waals surface area contributed by atoms with Crippen molar-refractivity contribution < 1.29 is 19.1 Å². The van der Waals surface area contributed by atoms with Crippen molar-refractivity contribution in [2.24, 2.45) is 18.7 Å². The molecule has 0 saturated carbocycles. The first-order valence-electron chi connectivity index (χ1n) is 12.3. The van der Waals surface area contributed by atoms with Gasteiger partial charge in [-0.15, -0.1) is 0 Å². The van der Waals surface area contributed by atoms with E-state index in [9.17, 15) is 14.4 Å². The zero-order valence-corrected chi connectivity index (χ0v) is 20.6. The van der Waals surface area contributed by atoms with Gasteiger partial charge in [-0.3, -0.25) is 14.4 Å². The van der Waals surface area contributed by atoms with E-state index in [4.69, 9.17) is 10.5 Å². The Balaban J connectivity index is 1.25. The van der Waals surface area contributed by atoms with Crippen molar-refractivity contribution in [1.29, 1.82) is 0 Å². The number of aromatic nitrogens is 2. The number of rotatable bonds is 7. The third kappa shape index (κ3) is 4.82. The van der Waals surface area contributed by atoms with Crippen molar-refractivity contribution in [1.82, 2.24) is 9.55 Å². The first-order chi connectivity index (χ1) is 17.9. The van der Waals surface area contributed by atoms with Gasteiger partial charge in [-0.1, -0.05) is 48.5 Å². The molecule has 188 valence electrons. The van der Waals surface area contributed by atoms with Crippen LogP contribution >= 0.6 is 0 Å². The molecule has 2 N–H and O–H groups in total. The number of ketones is 1. The molecule has 2 aromatic heterocycles. The second-order valence-corrected chi connectivity index (χ2v) is 9.23. The molecule has 1 aliphatic rings. The Morgan fingerprint density at radius 2 is 1.68 bits per heavy atom. The highest BCUT2D eigenvalue weighted by molar-refractivity contribution is 6.14. The van der Waals surface area contributed by atoms with Gasteiger partial charge in [0.2, 0.25) is 11.7 Å². The molecule has 0 aliphatic carbocycles. The zero-order valence-electron chi connectivity index (χ0n) is 20.6. The number of ether oxygens (including phenoxy) is 1. The lowest BCUT2D eigenvalue weighted by Crippen LogP contribution is -2.37. The summed E-state index contributed by atoms with van der Waals surface area (Å²) in [6, 6.07) is 20.9. The van der Waals surface area contributed by atoms with Crippen molar-refractivity contribution in [3.05, 3.63) is 84.1 Å². The lowest BCUT2D eigenvalue weighted by atomic mass is 9.97. The molecule has 8 heteroatoms. The third-order valence-corrected chi connectivity index (χ3v) is 6.96. The van der Waals surface area contributed by atoms with E-state index in [0.717, 1.165) is 28.0 Å². The quantitative estimate of drug-likeness (QED) is 0.306. The summed E-state index contributed by atoms with van der Waals surface area (Å²) in [5, 5.41) is 0.841. The average molecular weight is 497 g/mol. The van der Waals surface area contributed by atoms with Crippen molar-refractivity contribution in [2.75, 3.05) is 24.6 Å². The van der Waals surface area contributed by atoms with Crippen LogP contribution in [0.25, 0.3) is 22.2 Å². The van der Waals surface area contributed by atoms with E-state index >= 15 is 0 Å². The van der Waals surface area contributed by atoms with Crippen molar-refractivity contribution in [3.8, 4) is 11.3 Å². The molecule has 0 atom stereocenters. The van der Waals surface area contributed by atoms with Crippen LogP contribution in [0.2, 0.25) is 0 Å². The molecular weight excluding hydrogens is 468 g/mol. The summed E-state index contributed by atoms with van der Waals surface area (Å²) < 4.78 is 7.56. The normalized spacial score (nSPS) is 14.0. The van der Waals surface area contributed by atoms with Gasteiger partial charge in [0.15, 0.2) is 6.61 Å². The number of carbonyl (C=O) groups excluding carboxylic acids is 3. The number of para-hydroxylation sites is 1. The molecule has 4 aromatic rings. The fraction of sp³-hybridized carbons (Fsp3) is 0.241. The number of hydrogen-bond acceptors (Lipinski definition) is 6. The Bertz CT molecular complexity index is 1450. The zero-order chi connectivity index (χ0) is 25.9. The maximum atomic E-state index is 13.4. The Morgan fingerprint density at radius 3 is 2.35 bits per heavy atom. The number of esters is 1. The highest BCUT2D eigenvalue weighted by Crippen LogP contribution is 2.33. The fourth-order valence-corrected chi connectivity index (χ4v) is 5.00. The molecule has 1 fully saturated rings. The van der Waals surface area contributed by atoms with Crippen molar-refractivity contribution in [2.45, 2.75) is 12.8 Å². The van der Waals surface area contributed by atoms with E-state index in [1.807, 2.05) is 66.2 Å². The van der Waals surface area contributed by atoms with E-state index in [2.05, 4.69) is 9.88 Å². The van der Waals surface area contributed by atoms with Gasteiger partial charge in [-0.2, -0.15) is 0 Å². The minimum Gasteiger partial charge on any atom is -0.457 e. The largest absolute Gasteiger partial charge is 0.457 e. The van der Waals surface area contributed by atoms with E-state index < -0.39 is 5.91 Å². The van der Waals surface area contributed by atoms with Crippen LogP contribution in [0.5, 0.6) is 0 Å². The molecule has 5 rings (SSSR count). The fourth-order valence-electron chi connectivity index (χ4n) is 5.00. The van der Waals surface area contributed by atoms with Crippen LogP contribution in [0.1, 0.15) is 33.6 Å². The van der Waals surface area contributed by atoms with Crippen LogP contribution in [0.3, 0.4) is 0 Å². The lowest BCUT2D eigenvalue weighted by Gasteiger charge is -2.31. The van der Waals surface area contributed by atoms with E-state index in [1.165, 1.54) is 6.20 Å². The molecule has 0 bridgehead atoms. The van der Waals surface area contributed by atoms with Crippen LogP contribution in [0.15, 0.2) is 72.9 Å².